The van der Waals surface area contributed by atoms with Crippen LogP contribution in [-0.2, 0) is 20.8 Å². The summed E-state index contributed by atoms with van der Waals surface area (Å²) in [4.78, 5) is 43.2. The zero-order chi connectivity index (χ0) is 29.4. The number of quaternary nitrogens is 2. The van der Waals surface area contributed by atoms with Crippen molar-refractivity contribution < 1.29 is 33.6 Å². The number of carbonyl (C=O) groups excluding carboxylic acids is 2. The van der Waals surface area contributed by atoms with E-state index in [1.165, 1.54) is 10.5 Å². The quantitative estimate of drug-likeness (QED) is 0.280. The van der Waals surface area contributed by atoms with Gasteiger partial charge in [0, 0.05) is 17.6 Å². The number of carboxylic acid groups (broad SMARTS) is 1. The summed E-state index contributed by atoms with van der Waals surface area (Å²) < 4.78 is 4.03. The number of thioether (sulfide) groups is 1. The molecule has 5 aliphatic heterocycles. The molecule has 1 saturated carbocycles. The summed E-state index contributed by atoms with van der Waals surface area (Å²) in [6, 6.07) is 6.32. The summed E-state index contributed by atoms with van der Waals surface area (Å²) in [5.41, 5.74) is 8.79. The van der Waals surface area contributed by atoms with Crippen LogP contribution in [0.1, 0.15) is 31.7 Å². The van der Waals surface area contributed by atoms with Crippen molar-refractivity contribution in [1.29, 1.82) is 0 Å². The number of hydrogen-bond donors (Lipinski definition) is 3. The molecule has 2 amide bonds. The molecule has 2 bridgehead atoms. The molecule has 43 heavy (non-hydrogen) atoms. The van der Waals surface area contributed by atoms with Gasteiger partial charge in [-0.1, -0.05) is 24.2 Å². The van der Waals surface area contributed by atoms with Crippen molar-refractivity contribution >= 4 is 63.5 Å². The van der Waals surface area contributed by atoms with Gasteiger partial charge in [-0.15, -0.1) is 23.7 Å². The summed E-state index contributed by atoms with van der Waals surface area (Å²) in [6.07, 6.45) is 2.85. The lowest BCUT2D eigenvalue weighted by Crippen LogP contribution is -2.76. The lowest BCUT2D eigenvalue weighted by molar-refractivity contribution is -1.08. The summed E-state index contributed by atoms with van der Waals surface area (Å²) in [7, 11) is 0. The fraction of sp³-hybridized carbons (Fsp3) is 0.600. The molecule has 4 N–H and O–H groups in total. The molecule has 13 heteroatoms. The number of nitrogens with zero attached hydrogens (tertiary/aromatic N) is 4. The maximum Gasteiger partial charge on any atom is 0.352 e. The van der Waals surface area contributed by atoms with Gasteiger partial charge in [0.15, 0.2) is 10.9 Å². The molecule has 0 radical (unpaired) electrons. The van der Waals surface area contributed by atoms with E-state index in [1.54, 1.807) is 30.0 Å². The number of amides is 2. The minimum absolute atomic E-state index is 0. The van der Waals surface area contributed by atoms with Crippen molar-refractivity contribution in [3.05, 3.63) is 35.0 Å². The Hall–Kier alpha value is -2.22. The van der Waals surface area contributed by atoms with Gasteiger partial charge in [0.25, 0.3) is 5.91 Å². The summed E-state index contributed by atoms with van der Waals surface area (Å²) in [6.45, 7) is 9.59. The van der Waals surface area contributed by atoms with Crippen LogP contribution in [0.15, 0.2) is 33.8 Å². The van der Waals surface area contributed by atoms with E-state index in [0.717, 1.165) is 101 Å². The number of piperazine rings is 3. The first-order valence-electron chi connectivity index (χ1n) is 15.1. The zero-order valence-corrected chi connectivity index (χ0v) is 26.8. The van der Waals surface area contributed by atoms with Crippen molar-refractivity contribution in [2.24, 2.45) is 17.6 Å². The number of primary amides is 1. The second-order valence-corrected chi connectivity index (χ2v) is 15.6. The van der Waals surface area contributed by atoms with E-state index in [9.17, 15) is 24.6 Å². The molecule has 2 aromatic rings. The number of benzene rings is 1. The van der Waals surface area contributed by atoms with Gasteiger partial charge in [-0.25, -0.2) is 9.78 Å². The number of aliphatic carboxylic acids is 1. The van der Waals surface area contributed by atoms with Gasteiger partial charge in [0.05, 0.1) is 34.8 Å². The van der Waals surface area contributed by atoms with Crippen LogP contribution in [0.5, 0.6) is 0 Å². The Kier molecular flexibility index (Phi) is 8.09. The first-order chi connectivity index (χ1) is 20.1. The zero-order valence-electron chi connectivity index (χ0n) is 24.3. The predicted molar refractivity (Wildman–Crippen MR) is 167 cm³/mol. The number of carbonyl (C=O) groups is 3. The number of aromatic nitrogens is 1. The minimum Gasteiger partial charge on any atom is -0.477 e. The lowest BCUT2D eigenvalue weighted by Gasteiger charge is -2.55. The van der Waals surface area contributed by atoms with Crippen LogP contribution in [-0.4, -0.2) is 117 Å². The molecule has 4 saturated heterocycles. The van der Waals surface area contributed by atoms with Crippen LogP contribution in [0.25, 0.3) is 10.2 Å². The molecule has 1 aromatic heterocycles. The Morgan fingerprint density at radius 2 is 1.86 bits per heavy atom. The Bertz CT molecular complexity index is 1490. The van der Waals surface area contributed by atoms with Crippen LogP contribution in [0.2, 0.25) is 0 Å². The summed E-state index contributed by atoms with van der Waals surface area (Å²) in [5.74, 6) is -2.06. The SMILES string of the molecule is CC(O)C1C(=O)N2C(C(=O)O)=C3C(Sc4nc5cc(CC[N+]67CC[N+](CC(N)=O)(CC6)CC7)ccc5s4)CCC[C@@H]3C12.Cl. The number of fused-ring (bicyclic) bond motifs is 7. The molecule has 10 nitrogen and oxygen atoms in total. The third-order valence-electron chi connectivity index (χ3n) is 10.8. The molecule has 5 atom stereocenters. The van der Waals surface area contributed by atoms with Gasteiger partial charge in [-0.05, 0) is 43.0 Å². The molecule has 232 valence electrons. The smallest absolute Gasteiger partial charge is 0.352 e. The normalized spacial score (nSPS) is 33.5. The Labute approximate surface area is 265 Å². The first-order valence-corrected chi connectivity index (χ1v) is 16.8. The highest BCUT2D eigenvalue weighted by Gasteiger charge is 2.62. The number of hydrogen-bond acceptors (Lipinski definition) is 7. The number of nitrogens with two attached hydrogens (primary N) is 1. The largest absolute Gasteiger partial charge is 0.477 e. The maximum atomic E-state index is 12.8. The molecule has 1 aromatic carbocycles. The molecule has 0 spiro atoms. The molecule has 6 aliphatic rings. The fourth-order valence-electron chi connectivity index (χ4n) is 8.45. The number of rotatable bonds is 9. The van der Waals surface area contributed by atoms with Gasteiger partial charge >= 0.3 is 5.97 Å². The number of aliphatic hydroxyl groups excluding tert-OH is 1. The molecular formula is C30H40ClN5O5S2+2. The van der Waals surface area contributed by atoms with Crippen LogP contribution < -0.4 is 5.73 Å². The Morgan fingerprint density at radius 3 is 2.51 bits per heavy atom. The van der Waals surface area contributed by atoms with Crippen molar-refractivity contribution in [2.75, 3.05) is 52.4 Å². The predicted octanol–water partition coefficient (Wildman–Crippen LogP) is 2.23. The molecule has 4 unspecified atom stereocenters. The van der Waals surface area contributed by atoms with Gasteiger partial charge in [0.1, 0.15) is 45.0 Å². The third kappa shape index (κ3) is 5.17. The molecule has 6 heterocycles. The van der Waals surface area contributed by atoms with E-state index in [2.05, 4.69) is 18.2 Å². The van der Waals surface area contributed by atoms with Crippen molar-refractivity contribution in [3.63, 3.8) is 0 Å². The highest BCUT2D eigenvalue weighted by atomic mass is 35.5. The second-order valence-electron chi connectivity index (χ2n) is 13.1. The molecular weight excluding hydrogens is 610 g/mol. The number of halogens is 1. The van der Waals surface area contributed by atoms with Crippen LogP contribution in [0, 0.1) is 11.8 Å². The lowest BCUT2D eigenvalue weighted by atomic mass is 9.72. The van der Waals surface area contributed by atoms with E-state index >= 15 is 0 Å². The number of aliphatic hydroxyl groups is 1. The maximum absolute atomic E-state index is 12.8. The van der Waals surface area contributed by atoms with Crippen molar-refractivity contribution in [2.45, 2.75) is 54.3 Å². The number of carboxylic acids is 1. The highest BCUT2D eigenvalue weighted by Crippen LogP contribution is 2.55. The van der Waals surface area contributed by atoms with Crippen LogP contribution >= 0.6 is 35.5 Å². The van der Waals surface area contributed by atoms with Crippen LogP contribution in [0.4, 0.5) is 0 Å². The summed E-state index contributed by atoms with van der Waals surface area (Å²) in [5, 5.41) is 20.3. The number of β-lactam (4-membered cyclic amide) rings is 1. The average Bonchev–Trinajstić information content (AvgIpc) is 3.49. The molecule has 5 fully saturated rings. The van der Waals surface area contributed by atoms with Crippen molar-refractivity contribution in [1.82, 2.24) is 9.88 Å². The van der Waals surface area contributed by atoms with Gasteiger partial charge in [0.2, 0.25) is 5.91 Å². The standard InChI is InChI=1S/C30H37N5O5S2.ClH/c1-17(36)24-26-19-3-2-4-22(25(19)27(29(39)40)33(26)28(24)38)42-30-32-20-15-18(5-6-21(20)41-30)7-8-34-9-12-35(13-10-34,14-11-34)16-23(31)37;/h5-6,15,17,19,22,24,26,36H,2-4,7-14,16H2,1H3,(H-2,31,37,39,40);1H/p+2/t17?,19-,22?,24?,26?,34?,35?;/m0./s1. The van der Waals surface area contributed by atoms with Gasteiger partial charge < -0.3 is 29.8 Å². The highest BCUT2D eigenvalue weighted by molar-refractivity contribution is 8.01. The topological polar surface area (TPSA) is 134 Å². The van der Waals surface area contributed by atoms with E-state index in [1.807, 2.05) is 0 Å². The van der Waals surface area contributed by atoms with E-state index < -0.39 is 18.0 Å². The summed E-state index contributed by atoms with van der Waals surface area (Å²) >= 11 is 3.28. The second kappa shape index (κ2) is 11.3. The monoisotopic (exact) mass is 649 g/mol. The fourth-order valence-corrected chi connectivity index (χ4v) is 11.0. The molecule has 8 rings (SSSR count). The van der Waals surface area contributed by atoms with E-state index in [4.69, 9.17) is 10.7 Å². The van der Waals surface area contributed by atoms with E-state index in [0.29, 0.717) is 6.54 Å². The molecule has 1 aliphatic carbocycles. The van der Waals surface area contributed by atoms with Crippen molar-refractivity contribution in [3.8, 4) is 0 Å². The Morgan fingerprint density at radius 1 is 1.16 bits per heavy atom. The minimum atomic E-state index is -1.05. The van der Waals surface area contributed by atoms with E-state index in [-0.39, 0.29) is 47.1 Å². The van der Waals surface area contributed by atoms with Crippen LogP contribution in [0.3, 0.4) is 0 Å². The van der Waals surface area contributed by atoms with Gasteiger partial charge in [-0.2, -0.15) is 0 Å². The van der Waals surface area contributed by atoms with Gasteiger partial charge in [-0.3, -0.25) is 9.59 Å². The number of thiazole rings is 1. The third-order valence-corrected chi connectivity index (χ3v) is 13.2. The Balaban J connectivity index is 0.00000329. The average molecular weight is 650 g/mol. The first kappa shape index (κ1) is 30.8.